The molecule has 0 aliphatic carbocycles. The average molecular weight is 285 g/mol. The van der Waals surface area contributed by atoms with Crippen LogP contribution in [-0.2, 0) is 31.2 Å². The van der Waals surface area contributed by atoms with Crippen molar-refractivity contribution in [2.24, 2.45) is 7.05 Å². The summed E-state index contributed by atoms with van der Waals surface area (Å²) in [5, 5.41) is 4.57. The van der Waals surface area contributed by atoms with Gasteiger partial charge in [-0.2, -0.15) is 5.10 Å². The highest BCUT2D eigenvalue weighted by Crippen LogP contribution is 2.21. The molecule has 0 bridgehead atoms. The van der Waals surface area contributed by atoms with Gasteiger partial charge in [-0.15, -0.1) is 11.6 Å². The van der Waals surface area contributed by atoms with Crippen molar-refractivity contribution in [1.29, 1.82) is 0 Å². The maximum atomic E-state index is 5.87. The second kappa shape index (κ2) is 6.39. The highest BCUT2D eigenvalue weighted by molar-refractivity contribution is 6.17. The van der Waals surface area contributed by atoms with E-state index in [2.05, 4.69) is 16.6 Å². The molecule has 0 saturated heterocycles. The van der Waals surface area contributed by atoms with Crippen LogP contribution in [0.25, 0.3) is 11.2 Å². The van der Waals surface area contributed by atoms with Crippen LogP contribution < -0.4 is 0 Å². The number of aryl methyl sites for hydroxylation is 3. The van der Waals surface area contributed by atoms with Crippen molar-refractivity contribution in [2.45, 2.75) is 32.7 Å². The Balaban J connectivity index is 2.50. The zero-order chi connectivity index (χ0) is 13.8. The normalized spacial score (nSPS) is 11.6. The summed E-state index contributed by atoms with van der Waals surface area (Å²) in [6.07, 6.45) is 2.80. The van der Waals surface area contributed by atoms with Crippen molar-refractivity contribution in [3.8, 4) is 0 Å². The van der Waals surface area contributed by atoms with Gasteiger partial charge in [0, 0.05) is 33.0 Å². The summed E-state index contributed by atoms with van der Waals surface area (Å²) in [6, 6.07) is 0. The molecule has 2 aromatic heterocycles. The first-order valence-corrected chi connectivity index (χ1v) is 7.22. The summed E-state index contributed by atoms with van der Waals surface area (Å²) >= 11 is 5.87. The summed E-state index contributed by atoms with van der Waals surface area (Å²) in [5.41, 5.74) is 3.16. The van der Waals surface area contributed by atoms with E-state index in [1.165, 1.54) is 0 Å². The summed E-state index contributed by atoms with van der Waals surface area (Å²) in [6.45, 7) is 3.60. The van der Waals surface area contributed by atoms with Gasteiger partial charge in [-0.25, -0.2) is 4.98 Å². The van der Waals surface area contributed by atoms with Gasteiger partial charge in [0.2, 0.25) is 0 Å². The minimum atomic E-state index is 0.576. The number of rotatable bonds is 7. The lowest BCUT2D eigenvalue weighted by molar-refractivity contribution is 0.187. The zero-order valence-corrected chi connectivity index (χ0v) is 12.6. The van der Waals surface area contributed by atoms with Crippen LogP contribution in [0.4, 0.5) is 0 Å². The Hall–Kier alpha value is -1.07. The van der Waals surface area contributed by atoms with Crippen LogP contribution in [0.1, 0.15) is 24.9 Å². The molecule has 0 amide bonds. The third-order valence-electron chi connectivity index (χ3n) is 3.19. The van der Waals surface area contributed by atoms with Crippen LogP contribution in [0.3, 0.4) is 0 Å². The molecule has 19 heavy (non-hydrogen) atoms. The van der Waals surface area contributed by atoms with Gasteiger partial charge in [-0.3, -0.25) is 4.68 Å². The van der Waals surface area contributed by atoms with Crippen LogP contribution in [0.2, 0.25) is 0 Å². The molecular weight excluding hydrogens is 264 g/mol. The van der Waals surface area contributed by atoms with Gasteiger partial charge in [0.25, 0.3) is 0 Å². The van der Waals surface area contributed by atoms with Crippen molar-refractivity contribution >= 4 is 22.8 Å². The molecule has 0 radical (unpaired) electrons. The zero-order valence-electron chi connectivity index (χ0n) is 11.8. The molecule has 0 spiro atoms. The van der Waals surface area contributed by atoms with Gasteiger partial charge < -0.3 is 9.30 Å². The fourth-order valence-corrected chi connectivity index (χ4v) is 2.55. The van der Waals surface area contributed by atoms with Crippen LogP contribution >= 0.6 is 11.6 Å². The first-order valence-electron chi connectivity index (χ1n) is 6.68. The van der Waals surface area contributed by atoms with E-state index >= 15 is 0 Å². The predicted molar refractivity (Wildman–Crippen MR) is 76.8 cm³/mol. The second-order valence-corrected chi connectivity index (χ2v) is 4.98. The Kier molecular flexibility index (Phi) is 4.82. The maximum absolute atomic E-state index is 5.87. The summed E-state index contributed by atoms with van der Waals surface area (Å²) in [4.78, 5) is 4.73. The highest BCUT2D eigenvalue weighted by Gasteiger charge is 2.18. The number of halogens is 1. The molecule has 2 rings (SSSR count). The molecule has 0 unspecified atom stereocenters. The van der Waals surface area contributed by atoms with Crippen molar-refractivity contribution in [1.82, 2.24) is 19.3 Å². The van der Waals surface area contributed by atoms with E-state index in [4.69, 9.17) is 21.3 Å². The Bertz CT molecular complexity index is 546. The standard InChI is InChI=1S/C13H21ClN4O/c1-4-5-10-12-13(17(2)16-10)18(8-9-19-3)11(15-12)6-7-14/h4-9H2,1-3H3. The average Bonchev–Trinajstić information content (AvgIpc) is 2.88. The Morgan fingerprint density at radius 1 is 1.32 bits per heavy atom. The summed E-state index contributed by atoms with van der Waals surface area (Å²) in [7, 11) is 3.68. The van der Waals surface area contributed by atoms with E-state index in [1.54, 1.807) is 7.11 Å². The van der Waals surface area contributed by atoms with E-state index in [1.807, 2.05) is 11.7 Å². The minimum absolute atomic E-state index is 0.576. The van der Waals surface area contributed by atoms with Gasteiger partial charge in [0.1, 0.15) is 11.3 Å². The smallest absolute Gasteiger partial charge is 0.158 e. The third kappa shape index (κ3) is 2.77. The maximum Gasteiger partial charge on any atom is 0.158 e. The monoisotopic (exact) mass is 284 g/mol. The largest absolute Gasteiger partial charge is 0.383 e. The number of fused-ring (bicyclic) bond motifs is 1. The Morgan fingerprint density at radius 3 is 2.74 bits per heavy atom. The number of alkyl halides is 1. The van der Waals surface area contributed by atoms with Crippen LogP contribution in [-0.4, -0.2) is 38.9 Å². The lowest BCUT2D eigenvalue weighted by atomic mass is 10.2. The number of hydrogen-bond donors (Lipinski definition) is 0. The Morgan fingerprint density at radius 2 is 2.11 bits per heavy atom. The molecule has 0 aliphatic rings. The molecule has 0 fully saturated rings. The topological polar surface area (TPSA) is 44.9 Å². The van der Waals surface area contributed by atoms with E-state index in [0.29, 0.717) is 12.5 Å². The van der Waals surface area contributed by atoms with Gasteiger partial charge in [-0.05, 0) is 6.42 Å². The van der Waals surface area contributed by atoms with Crippen molar-refractivity contribution in [3.63, 3.8) is 0 Å². The lowest BCUT2D eigenvalue weighted by Gasteiger charge is -2.08. The number of imidazole rings is 1. The van der Waals surface area contributed by atoms with Gasteiger partial charge in [0.15, 0.2) is 5.65 Å². The third-order valence-corrected chi connectivity index (χ3v) is 3.38. The van der Waals surface area contributed by atoms with Crippen LogP contribution in [0.5, 0.6) is 0 Å². The molecule has 0 atom stereocenters. The second-order valence-electron chi connectivity index (χ2n) is 4.60. The molecule has 6 heteroatoms. The van der Waals surface area contributed by atoms with E-state index in [9.17, 15) is 0 Å². The highest BCUT2D eigenvalue weighted by atomic mass is 35.5. The fourth-order valence-electron chi connectivity index (χ4n) is 2.38. The molecule has 0 aliphatic heterocycles. The van der Waals surface area contributed by atoms with Gasteiger partial charge in [-0.1, -0.05) is 13.3 Å². The molecular formula is C13H21ClN4O. The number of ether oxygens (including phenoxy) is 1. The molecule has 5 nitrogen and oxygen atoms in total. The molecule has 106 valence electrons. The number of nitrogens with zero attached hydrogens (tertiary/aromatic N) is 4. The van der Waals surface area contributed by atoms with Gasteiger partial charge in [0.05, 0.1) is 12.3 Å². The molecule has 2 aromatic rings. The van der Waals surface area contributed by atoms with Gasteiger partial charge >= 0.3 is 0 Å². The summed E-state index contributed by atoms with van der Waals surface area (Å²) < 4.78 is 9.27. The van der Waals surface area contributed by atoms with E-state index in [-0.39, 0.29) is 0 Å². The van der Waals surface area contributed by atoms with E-state index < -0.39 is 0 Å². The van der Waals surface area contributed by atoms with Crippen molar-refractivity contribution in [2.75, 3.05) is 19.6 Å². The van der Waals surface area contributed by atoms with Crippen molar-refractivity contribution in [3.05, 3.63) is 11.5 Å². The fraction of sp³-hybridized carbons (Fsp3) is 0.692. The number of methoxy groups -OCH3 is 1. The summed E-state index contributed by atoms with van der Waals surface area (Å²) in [5.74, 6) is 1.60. The van der Waals surface area contributed by atoms with Crippen molar-refractivity contribution < 1.29 is 4.74 Å². The van der Waals surface area contributed by atoms with Crippen LogP contribution in [0, 0.1) is 0 Å². The predicted octanol–water partition coefficient (Wildman–Crippen LogP) is 2.15. The molecule has 2 heterocycles. The van der Waals surface area contributed by atoms with E-state index in [0.717, 1.165) is 48.5 Å². The SMILES string of the molecule is CCCc1nn(C)c2c1nc(CCCl)n2CCOC. The van der Waals surface area contributed by atoms with Crippen LogP contribution in [0.15, 0.2) is 0 Å². The quantitative estimate of drug-likeness (QED) is 0.732. The first kappa shape index (κ1) is 14.3. The Labute approximate surface area is 118 Å². The number of hydrogen-bond acceptors (Lipinski definition) is 3. The minimum Gasteiger partial charge on any atom is -0.383 e. The number of aromatic nitrogens is 4. The molecule has 0 N–H and O–H groups in total. The molecule has 0 aromatic carbocycles. The molecule has 0 saturated carbocycles. The first-order chi connectivity index (χ1) is 9.22. The lowest BCUT2D eigenvalue weighted by Crippen LogP contribution is -2.11.